The van der Waals surface area contributed by atoms with E-state index in [1.54, 1.807) is 17.9 Å². The zero-order valence-corrected chi connectivity index (χ0v) is 15.8. The van der Waals surface area contributed by atoms with Crippen molar-refractivity contribution in [3.05, 3.63) is 33.9 Å². The Balaban J connectivity index is 2.09. The van der Waals surface area contributed by atoms with Gasteiger partial charge in [0, 0.05) is 18.7 Å². The van der Waals surface area contributed by atoms with Crippen molar-refractivity contribution in [1.29, 1.82) is 0 Å². The minimum atomic E-state index is -3.11. The minimum absolute atomic E-state index is 0.0310. The zero-order chi connectivity index (χ0) is 19.3. The number of amides is 1. The Hall–Kier alpha value is -2.16. The Morgan fingerprint density at radius 2 is 2.15 bits per heavy atom. The molecule has 0 spiro atoms. The number of carbonyl (C=O) groups excluding carboxylic acids is 1. The predicted molar refractivity (Wildman–Crippen MR) is 97.0 cm³/mol. The zero-order valence-electron chi connectivity index (χ0n) is 15.0. The van der Waals surface area contributed by atoms with Crippen LogP contribution in [-0.4, -0.2) is 54.8 Å². The number of hydrogen-bond donors (Lipinski definition) is 0. The molecule has 0 radical (unpaired) electrons. The monoisotopic (exact) mass is 384 g/mol. The molecule has 9 heteroatoms. The molecule has 1 aromatic rings. The summed E-state index contributed by atoms with van der Waals surface area (Å²) in [4.78, 5) is 24.7. The van der Waals surface area contributed by atoms with E-state index in [0.717, 1.165) is 18.4 Å². The summed E-state index contributed by atoms with van der Waals surface area (Å²) in [5.74, 6) is -0.274. The Kier molecular flexibility index (Phi) is 6.57. The lowest BCUT2D eigenvalue weighted by Gasteiger charge is -2.28. The fourth-order valence-corrected chi connectivity index (χ4v) is 4.71. The van der Waals surface area contributed by atoms with Gasteiger partial charge in [0.1, 0.15) is 0 Å². The van der Waals surface area contributed by atoms with Gasteiger partial charge in [-0.2, -0.15) is 0 Å². The van der Waals surface area contributed by atoms with Gasteiger partial charge in [-0.15, -0.1) is 0 Å². The quantitative estimate of drug-likeness (QED) is 0.502. The molecule has 0 N–H and O–H groups in total. The average Bonchev–Trinajstić information content (AvgIpc) is 2.93. The molecule has 0 bridgehead atoms. The van der Waals surface area contributed by atoms with Crippen LogP contribution in [0, 0.1) is 17.0 Å². The third-order valence-corrected chi connectivity index (χ3v) is 6.13. The Morgan fingerprint density at radius 3 is 2.73 bits per heavy atom. The number of nitro groups is 1. The SMILES string of the molecule is CCCCN(C(=O)COc1ccc(C)cc1[N+](=O)[O-])[C@@H]1CCS(=O)(=O)C1. The predicted octanol–water partition coefficient (Wildman–Crippen LogP) is 2.10. The molecular formula is C17H24N2O6S. The number of ether oxygens (including phenoxy) is 1. The molecule has 1 aromatic carbocycles. The summed E-state index contributed by atoms with van der Waals surface area (Å²) in [5.41, 5.74) is 0.525. The van der Waals surface area contributed by atoms with Gasteiger partial charge in [-0.3, -0.25) is 14.9 Å². The number of unbranched alkanes of at least 4 members (excludes halogenated alkanes) is 1. The first-order chi connectivity index (χ1) is 12.2. The molecule has 0 aromatic heterocycles. The van der Waals surface area contributed by atoms with Crippen molar-refractivity contribution >= 4 is 21.4 Å². The number of rotatable bonds is 8. The van der Waals surface area contributed by atoms with E-state index in [2.05, 4.69) is 0 Å². The van der Waals surface area contributed by atoms with Gasteiger partial charge >= 0.3 is 5.69 Å². The van der Waals surface area contributed by atoms with Crippen LogP contribution in [0.2, 0.25) is 0 Å². The van der Waals surface area contributed by atoms with Crippen LogP contribution in [0.15, 0.2) is 18.2 Å². The lowest BCUT2D eigenvalue weighted by atomic mass is 10.2. The Bertz CT molecular complexity index is 777. The number of nitro benzene ring substituents is 1. The fourth-order valence-electron chi connectivity index (χ4n) is 2.98. The molecule has 1 amide bonds. The molecule has 0 aliphatic carbocycles. The van der Waals surface area contributed by atoms with E-state index in [0.29, 0.717) is 13.0 Å². The standard InChI is InChI=1S/C17H24N2O6S/c1-3-4-8-18(14-7-9-26(23,24)12-14)17(20)11-25-16-6-5-13(2)10-15(16)19(21)22/h5-6,10,14H,3-4,7-9,11-12H2,1-2H3/t14-/m1/s1. The van der Waals surface area contributed by atoms with Crippen LogP contribution < -0.4 is 4.74 Å². The second-order valence-electron chi connectivity index (χ2n) is 6.51. The van der Waals surface area contributed by atoms with Crippen LogP contribution in [0.1, 0.15) is 31.7 Å². The van der Waals surface area contributed by atoms with Gasteiger partial charge < -0.3 is 9.64 Å². The lowest BCUT2D eigenvalue weighted by Crippen LogP contribution is -2.44. The fraction of sp³-hybridized carbons (Fsp3) is 0.588. The number of carbonyl (C=O) groups is 1. The average molecular weight is 384 g/mol. The maximum Gasteiger partial charge on any atom is 0.311 e. The van der Waals surface area contributed by atoms with Crippen LogP contribution in [-0.2, 0) is 14.6 Å². The highest BCUT2D eigenvalue weighted by Gasteiger charge is 2.34. The van der Waals surface area contributed by atoms with Crippen LogP contribution in [0.5, 0.6) is 5.75 Å². The van der Waals surface area contributed by atoms with Gasteiger partial charge in [0.25, 0.3) is 5.91 Å². The summed E-state index contributed by atoms with van der Waals surface area (Å²) in [6.07, 6.45) is 2.04. The van der Waals surface area contributed by atoms with Crippen molar-refractivity contribution < 1.29 is 22.9 Å². The maximum absolute atomic E-state index is 12.6. The van der Waals surface area contributed by atoms with Gasteiger partial charge in [0.05, 0.1) is 16.4 Å². The molecule has 144 valence electrons. The largest absolute Gasteiger partial charge is 0.477 e. The second kappa shape index (κ2) is 8.48. The molecular weight excluding hydrogens is 360 g/mol. The third kappa shape index (κ3) is 5.17. The van der Waals surface area contributed by atoms with Crippen molar-refractivity contribution in [3.8, 4) is 5.75 Å². The van der Waals surface area contributed by atoms with Gasteiger partial charge in [0.15, 0.2) is 22.2 Å². The van der Waals surface area contributed by atoms with E-state index < -0.39 is 14.8 Å². The number of aryl methyl sites for hydroxylation is 1. The summed E-state index contributed by atoms with van der Waals surface area (Å²) in [5, 5.41) is 11.1. The van der Waals surface area contributed by atoms with E-state index in [-0.39, 0.29) is 41.5 Å². The normalized spacial score (nSPS) is 18.5. The van der Waals surface area contributed by atoms with Crippen molar-refractivity contribution in [3.63, 3.8) is 0 Å². The Morgan fingerprint density at radius 1 is 1.42 bits per heavy atom. The van der Waals surface area contributed by atoms with Crippen LogP contribution in [0.4, 0.5) is 5.69 Å². The van der Waals surface area contributed by atoms with E-state index >= 15 is 0 Å². The van der Waals surface area contributed by atoms with Gasteiger partial charge in [-0.1, -0.05) is 19.4 Å². The van der Waals surface area contributed by atoms with Crippen molar-refractivity contribution in [2.75, 3.05) is 24.7 Å². The number of benzene rings is 1. The van der Waals surface area contributed by atoms with E-state index in [9.17, 15) is 23.3 Å². The highest BCUT2D eigenvalue weighted by molar-refractivity contribution is 7.91. The van der Waals surface area contributed by atoms with Crippen LogP contribution in [0.25, 0.3) is 0 Å². The number of sulfone groups is 1. The van der Waals surface area contributed by atoms with Gasteiger partial charge in [-0.25, -0.2) is 8.42 Å². The summed E-state index contributed by atoms with van der Waals surface area (Å²) >= 11 is 0. The lowest BCUT2D eigenvalue weighted by molar-refractivity contribution is -0.385. The molecule has 1 atom stereocenters. The summed E-state index contributed by atoms with van der Waals surface area (Å²) in [7, 11) is -3.11. The molecule has 1 heterocycles. The van der Waals surface area contributed by atoms with Crippen molar-refractivity contribution in [2.24, 2.45) is 0 Å². The minimum Gasteiger partial charge on any atom is -0.477 e. The number of hydrogen-bond acceptors (Lipinski definition) is 6. The summed E-state index contributed by atoms with van der Waals surface area (Å²) < 4.78 is 28.9. The smallest absolute Gasteiger partial charge is 0.311 e. The first-order valence-corrected chi connectivity index (χ1v) is 10.4. The Labute approximate surface area is 153 Å². The van der Waals surface area contributed by atoms with Crippen LogP contribution >= 0.6 is 0 Å². The van der Waals surface area contributed by atoms with E-state index in [1.165, 1.54) is 12.1 Å². The molecule has 26 heavy (non-hydrogen) atoms. The molecule has 1 fully saturated rings. The molecule has 0 unspecified atom stereocenters. The third-order valence-electron chi connectivity index (χ3n) is 4.38. The van der Waals surface area contributed by atoms with Gasteiger partial charge in [-0.05, 0) is 31.4 Å². The van der Waals surface area contributed by atoms with E-state index in [4.69, 9.17) is 4.74 Å². The summed E-state index contributed by atoms with van der Waals surface area (Å²) in [6.45, 7) is 3.81. The molecule has 1 aliphatic rings. The second-order valence-corrected chi connectivity index (χ2v) is 8.74. The first-order valence-electron chi connectivity index (χ1n) is 8.61. The maximum atomic E-state index is 12.6. The topological polar surface area (TPSA) is 107 Å². The van der Waals surface area contributed by atoms with E-state index in [1.807, 2.05) is 6.92 Å². The molecule has 8 nitrogen and oxygen atoms in total. The first kappa shape index (κ1) is 20.2. The van der Waals surface area contributed by atoms with Gasteiger partial charge in [0.2, 0.25) is 0 Å². The summed E-state index contributed by atoms with van der Waals surface area (Å²) in [6, 6.07) is 4.18. The van der Waals surface area contributed by atoms with Crippen molar-refractivity contribution in [2.45, 2.75) is 39.2 Å². The van der Waals surface area contributed by atoms with Crippen molar-refractivity contribution in [1.82, 2.24) is 4.90 Å². The highest BCUT2D eigenvalue weighted by atomic mass is 32.2. The molecule has 1 saturated heterocycles. The molecule has 0 saturated carbocycles. The molecule has 2 rings (SSSR count). The number of nitrogens with zero attached hydrogens (tertiary/aromatic N) is 2. The van der Waals surface area contributed by atoms with Crippen LogP contribution in [0.3, 0.4) is 0 Å². The molecule has 1 aliphatic heterocycles. The highest BCUT2D eigenvalue weighted by Crippen LogP contribution is 2.28.